The number of likely N-dealkylation sites (N-methyl/N-ethyl adjacent to an activating group) is 1. The van der Waals surface area contributed by atoms with Gasteiger partial charge in [0.15, 0.2) is 0 Å². The van der Waals surface area contributed by atoms with E-state index in [9.17, 15) is 0 Å². The Kier molecular flexibility index (Phi) is 5.09. The predicted molar refractivity (Wildman–Crippen MR) is 58.0 cm³/mol. The largest absolute Gasteiger partial charge is 0.315 e. The van der Waals surface area contributed by atoms with Crippen molar-refractivity contribution >= 4 is 0 Å². The molecule has 1 fully saturated rings. The van der Waals surface area contributed by atoms with Crippen LogP contribution in [-0.2, 0) is 0 Å². The van der Waals surface area contributed by atoms with Crippen LogP contribution in [-0.4, -0.2) is 37.1 Å². The van der Waals surface area contributed by atoms with Crippen LogP contribution in [0, 0.1) is 0 Å². The molecule has 13 heavy (non-hydrogen) atoms. The quantitative estimate of drug-likeness (QED) is 0.453. The first-order chi connectivity index (χ1) is 6.38. The molecule has 0 unspecified atom stereocenters. The lowest BCUT2D eigenvalue weighted by atomic mass is 10.4. The molecule has 0 heterocycles. The van der Waals surface area contributed by atoms with Crippen molar-refractivity contribution in [3.05, 3.63) is 12.7 Å². The second-order valence-electron chi connectivity index (χ2n) is 3.69. The first kappa shape index (κ1) is 10.7. The molecule has 0 bridgehead atoms. The molecule has 0 aromatic heterocycles. The van der Waals surface area contributed by atoms with Gasteiger partial charge in [-0.25, -0.2) is 0 Å². The highest BCUT2D eigenvalue weighted by atomic mass is 15.2. The Hall–Kier alpha value is -0.340. The van der Waals surface area contributed by atoms with Crippen LogP contribution in [0.15, 0.2) is 12.7 Å². The normalized spacial score (nSPS) is 16.5. The number of rotatable bonds is 8. The third kappa shape index (κ3) is 4.44. The third-order valence-electron chi connectivity index (χ3n) is 2.57. The van der Waals surface area contributed by atoms with E-state index in [1.165, 1.54) is 25.9 Å². The first-order valence-electron chi connectivity index (χ1n) is 5.44. The molecule has 1 rings (SSSR count). The van der Waals surface area contributed by atoms with Gasteiger partial charge in [-0.05, 0) is 32.4 Å². The summed E-state index contributed by atoms with van der Waals surface area (Å²) in [7, 11) is 0. The Morgan fingerprint density at radius 2 is 2.23 bits per heavy atom. The summed E-state index contributed by atoms with van der Waals surface area (Å²) in [5.74, 6) is 0. The molecular weight excluding hydrogens is 160 g/mol. The molecule has 0 aromatic rings. The van der Waals surface area contributed by atoms with Gasteiger partial charge in [0, 0.05) is 19.1 Å². The molecule has 2 heteroatoms. The minimum absolute atomic E-state index is 0.909. The molecule has 1 aliphatic carbocycles. The number of hydrogen-bond donors (Lipinski definition) is 1. The third-order valence-corrected chi connectivity index (χ3v) is 2.57. The fourth-order valence-electron chi connectivity index (χ4n) is 1.59. The zero-order valence-corrected chi connectivity index (χ0v) is 8.76. The van der Waals surface area contributed by atoms with Gasteiger partial charge < -0.3 is 5.32 Å². The zero-order chi connectivity index (χ0) is 9.52. The summed E-state index contributed by atoms with van der Waals surface area (Å²) >= 11 is 0. The van der Waals surface area contributed by atoms with Gasteiger partial charge in [0.05, 0.1) is 0 Å². The Bertz CT molecular complexity index is 141. The van der Waals surface area contributed by atoms with Gasteiger partial charge in [0.25, 0.3) is 0 Å². The van der Waals surface area contributed by atoms with Crippen molar-refractivity contribution in [2.75, 3.05) is 26.2 Å². The molecule has 0 aromatic carbocycles. The standard InChI is InChI=1S/C11H22N2/c1-3-5-8-12-9-10-13(4-2)11-6-7-11/h3,11-12H,1,4-10H2,2H3. The maximum atomic E-state index is 3.70. The molecule has 1 N–H and O–H groups in total. The van der Waals surface area contributed by atoms with E-state index in [4.69, 9.17) is 0 Å². The van der Waals surface area contributed by atoms with E-state index < -0.39 is 0 Å². The molecule has 0 radical (unpaired) electrons. The lowest BCUT2D eigenvalue weighted by Gasteiger charge is -2.19. The number of hydrogen-bond acceptors (Lipinski definition) is 2. The number of nitrogens with one attached hydrogen (secondary N) is 1. The summed E-state index contributed by atoms with van der Waals surface area (Å²) in [6.45, 7) is 10.6. The molecule has 0 aliphatic heterocycles. The summed E-state index contributed by atoms with van der Waals surface area (Å²) in [5.41, 5.74) is 0. The predicted octanol–water partition coefficient (Wildman–Crippen LogP) is 1.64. The van der Waals surface area contributed by atoms with Crippen LogP contribution in [0.2, 0.25) is 0 Å². The molecule has 1 saturated carbocycles. The maximum Gasteiger partial charge on any atom is 0.0110 e. The van der Waals surface area contributed by atoms with E-state index in [-0.39, 0.29) is 0 Å². The number of nitrogens with zero attached hydrogens (tertiary/aromatic N) is 1. The van der Waals surface area contributed by atoms with Gasteiger partial charge in [-0.15, -0.1) is 6.58 Å². The Morgan fingerprint density at radius 3 is 2.77 bits per heavy atom. The molecule has 0 spiro atoms. The van der Waals surface area contributed by atoms with Crippen LogP contribution < -0.4 is 5.32 Å². The van der Waals surface area contributed by atoms with E-state index in [1.807, 2.05) is 6.08 Å². The summed E-state index contributed by atoms with van der Waals surface area (Å²) in [6, 6.07) is 0.909. The van der Waals surface area contributed by atoms with Gasteiger partial charge in [0.1, 0.15) is 0 Å². The Balaban J connectivity index is 1.93. The summed E-state index contributed by atoms with van der Waals surface area (Å²) in [5, 5.41) is 3.42. The van der Waals surface area contributed by atoms with Gasteiger partial charge >= 0.3 is 0 Å². The topological polar surface area (TPSA) is 15.3 Å². The van der Waals surface area contributed by atoms with Crippen molar-refractivity contribution < 1.29 is 0 Å². The van der Waals surface area contributed by atoms with E-state index in [2.05, 4.69) is 23.7 Å². The van der Waals surface area contributed by atoms with Gasteiger partial charge in [-0.2, -0.15) is 0 Å². The summed E-state index contributed by atoms with van der Waals surface area (Å²) < 4.78 is 0. The van der Waals surface area contributed by atoms with Crippen LogP contribution in [0.3, 0.4) is 0 Å². The van der Waals surface area contributed by atoms with E-state index >= 15 is 0 Å². The van der Waals surface area contributed by atoms with Crippen LogP contribution in [0.25, 0.3) is 0 Å². The lowest BCUT2D eigenvalue weighted by Crippen LogP contribution is -2.33. The second kappa shape index (κ2) is 6.17. The van der Waals surface area contributed by atoms with Crippen molar-refractivity contribution in [1.82, 2.24) is 10.2 Å². The van der Waals surface area contributed by atoms with Gasteiger partial charge in [0.2, 0.25) is 0 Å². The zero-order valence-electron chi connectivity index (χ0n) is 8.76. The monoisotopic (exact) mass is 182 g/mol. The van der Waals surface area contributed by atoms with Crippen molar-refractivity contribution in [3.8, 4) is 0 Å². The Labute approximate surface area is 82.0 Å². The van der Waals surface area contributed by atoms with Crippen molar-refractivity contribution in [2.24, 2.45) is 0 Å². The summed E-state index contributed by atoms with van der Waals surface area (Å²) in [4.78, 5) is 2.57. The van der Waals surface area contributed by atoms with E-state index in [0.717, 1.165) is 25.6 Å². The fraction of sp³-hybridized carbons (Fsp3) is 0.818. The van der Waals surface area contributed by atoms with Crippen LogP contribution >= 0.6 is 0 Å². The molecular formula is C11H22N2. The highest BCUT2D eigenvalue weighted by Crippen LogP contribution is 2.25. The molecule has 0 saturated heterocycles. The highest BCUT2D eigenvalue weighted by molar-refractivity contribution is 4.84. The molecule has 1 aliphatic rings. The van der Waals surface area contributed by atoms with Crippen molar-refractivity contribution in [2.45, 2.75) is 32.2 Å². The second-order valence-corrected chi connectivity index (χ2v) is 3.69. The van der Waals surface area contributed by atoms with Gasteiger partial charge in [-0.1, -0.05) is 13.0 Å². The van der Waals surface area contributed by atoms with Crippen molar-refractivity contribution in [3.63, 3.8) is 0 Å². The van der Waals surface area contributed by atoms with Crippen LogP contribution in [0.1, 0.15) is 26.2 Å². The average molecular weight is 182 g/mol. The molecule has 0 amide bonds. The highest BCUT2D eigenvalue weighted by Gasteiger charge is 2.26. The fourth-order valence-corrected chi connectivity index (χ4v) is 1.59. The van der Waals surface area contributed by atoms with Gasteiger partial charge in [-0.3, -0.25) is 4.90 Å². The van der Waals surface area contributed by atoms with Crippen molar-refractivity contribution in [1.29, 1.82) is 0 Å². The van der Waals surface area contributed by atoms with E-state index in [1.54, 1.807) is 0 Å². The van der Waals surface area contributed by atoms with Crippen LogP contribution in [0.5, 0.6) is 0 Å². The van der Waals surface area contributed by atoms with Crippen LogP contribution in [0.4, 0.5) is 0 Å². The molecule has 2 nitrogen and oxygen atoms in total. The summed E-state index contributed by atoms with van der Waals surface area (Å²) in [6.07, 6.45) is 5.88. The lowest BCUT2D eigenvalue weighted by molar-refractivity contribution is 0.277. The molecule has 76 valence electrons. The Morgan fingerprint density at radius 1 is 1.46 bits per heavy atom. The maximum absolute atomic E-state index is 3.70. The first-order valence-corrected chi connectivity index (χ1v) is 5.44. The minimum atomic E-state index is 0.909. The smallest absolute Gasteiger partial charge is 0.0110 e. The SMILES string of the molecule is C=CCCNCCN(CC)C1CC1. The minimum Gasteiger partial charge on any atom is -0.315 e. The average Bonchev–Trinajstić information content (AvgIpc) is 2.95. The molecule has 0 atom stereocenters. The van der Waals surface area contributed by atoms with E-state index in [0.29, 0.717) is 0 Å².